The minimum atomic E-state index is -0.196. The molecule has 0 fully saturated rings. The molecule has 3 aromatic rings. The van der Waals surface area contributed by atoms with E-state index < -0.39 is 0 Å². The van der Waals surface area contributed by atoms with Gasteiger partial charge < -0.3 is 10.6 Å². The van der Waals surface area contributed by atoms with Gasteiger partial charge in [-0.25, -0.2) is 0 Å². The molecule has 0 aliphatic carbocycles. The number of nitrogens with zero attached hydrogens (tertiary/aromatic N) is 3. The monoisotopic (exact) mass is 363 g/mol. The zero-order valence-electron chi connectivity index (χ0n) is 14.8. The minimum absolute atomic E-state index is 0.103. The van der Waals surface area contributed by atoms with Gasteiger partial charge in [0.25, 0.3) is 0 Å². The molecule has 0 aliphatic rings. The molecule has 2 heterocycles. The van der Waals surface area contributed by atoms with Gasteiger partial charge in [-0.1, -0.05) is 36.4 Å². The summed E-state index contributed by atoms with van der Waals surface area (Å²) < 4.78 is 1.71. The SMILES string of the molecule is O=C(Cc1ccccc1)NCCC(=O)Nc1ccn(Cc2ccccn2)n1. The topological polar surface area (TPSA) is 88.9 Å². The molecule has 7 heteroatoms. The van der Waals surface area contributed by atoms with E-state index in [1.54, 1.807) is 23.1 Å². The molecule has 0 bridgehead atoms. The summed E-state index contributed by atoms with van der Waals surface area (Å²) in [6.07, 6.45) is 4.01. The molecule has 138 valence electrons. The lowest BCUT2D eigenvalue weighted by molar-refractivity contribution is -0.120. The van der Waals surface area contributed by atoms with Gasteiger partial charge in [-0.3, -0.25) is 19.3 Å². The molecule has 0 spiro atoms. The van der Waals surface area contributed by atoms with Gasteiger partial charge >= 0.3 is 0 Å². The Morgan fingerprint density at radius 3 is 2.56 bits per heavy atom. The molecule has 1 aromatic carbocycles. The first-order chi connectivity index (χ1) is 13.2. The average Bonchev–Trinajstić information content (AvgIpc) is 3.10. The lowest BCUT2D eigenvalue weighted by atomic mass is 10.1. The number of hydrogen-bond acceptors (Lipinski definition) is 4. The summed E-state index contributed by atoms with van der Waals surface area (Å²) in [6, 6.07) is 16.9. The maximum absolute atomic E-state index is 12.0. The minimum Gasteiger partial charge on any atom is -0.355 e. The predicted molar refractivity (Wildman–Crippen MR) is 102 cm³/mol. The third-order valence-electron chi connectivity index (χ3n) is 3.84. The van der Waals surface area contributed by atoms with Crippen LogP contribution in [-0.2, 0) is 22.6 Å². The Kier molecular flexibility index (Phi) is 6.30. The second kappa shape index (κ2) is 9.28. The summed E-state index contributed by atoms with van der Waals surface area (Å²) >= 11 is 0. The average molecular weight is 363 g/mol. The third kappa shape index (κ3) is 6.07. The van der Waals surface area contributed by atoms with E-state index >= 15 is 0 Å². The second-order valence-corrected chi connectivity index (χ2v) is 6.03. The van der Waals surface area contributed by atoms with Crippen molar-refractivity contribution in [1.82, 2.24) is 20.1 Å². The van der Waals surface area contributed by atoms with Crippen LogP contribution < -0.4 is 10.6 Å². The van der Waals surface area contributed by atoms with Crippen molar-refractivity contribution in [3.05, 3.63) is 78.2 Å². The second-order valence-electron chi connectivity index (χ2n) is 6.03. The van der Waals surface area contributed by atoms with Gasteiger partial charge in [-0.15, -0.1) is 0 Å². The van der Waals surface area contributed by atoms with Crippen LogP contribution in [0.1, 0.15) is 17.7 Å². The molecule has 0 atom stereocenters. The highest BCUT2D eigenvalue weighted by molar-refractivity contribution is 5.90. The predicted octanol–water partition coefficient (Wildman–Crippen LogP) is 2.01. The van der Waals surface area contributed by atoms with E-state index in [0.29, 0.717) is 18.8 Å². The fourth-order valence-corrected chi connectivity index (χ4v) is 2.54. The molecule has 27 heavy (non-hydrogen) atoms. The van der Waals surface area contributed by atoms with Gasteiger partial charge in [-0.2, -0.15) is 5.10 Å². The smallest absolute Gasteiger partial charge is 0.227 e. The number of rotatable bonds is 8. The first-order valence-corrected chi connectivity index (χ1v) is 8.73. The van der Waals surface area contributed by atoms with E-state index in [-0.39, 0.29) is 24.8 Å². The highest BCUT2D eigenvalue weighted by Crippen LogP contribution is 2.05. The first kappa shape index (κ1) is 18.3. The highest BCUT2D eigenvalue weighted by atomic mass is 16.2. The number of hydrogen-bond donors (Lipinski definition) is 2. The summed E-state index contributed by atoms with van der Waals surface area (Å²) in [6.45, 7) is 0.818. The number of carbonyl (C=O) groups is 2. The first-order valence-electron chi connectivity index (χ1n) is 8.73. The van der Waals surface area contributed by atoms with E-state index in [4.69, 9.17) is 0 Å². The largest absolute Gasteiger partial charge is 0.355 e. The summed E-state index contributed by atoms with van der Waals surface area (Å²) in [7, 11) is 0. The lowest BCUT2D eigenvalue weighted by Crippen LogP contribution is -2.28. The number of anilines is 1. The van der Waals surface area contributed by atoms with Crippen molar-refractivity contribution in [1.29, 1.82) is 0 Å². The van der Waals surface area contributed by atoms with Gasteiger partial charge in [0.15, 0.2) is 5.82 Å². The van der Waals surface area contributed by atoms with E-state index in [2.05, 4.69) is 20.7 Å². The molecule has 3 rings (SSSR count). The zero-order valence-corrected chi connectivity index (χ0v) is 14.8. The van der Waals surface area contributed by atoms with Crippen molar-refractivity contribution in [2.24, 2.45) is 0 Å². The standard InChI is InChI=1S/C20H21N5O2/c26-19(9-12-22-20(27)14-16-6-2-1-3-7-16)23-18-10-13-25(24-18)15-17-8-4-5-11-21-17/h1-8,10-11,13H,9,12,14-15H2,(H,22,27)(H,23,24,26). The Hall–Kier alpha value is -3.48. The summed E-state index contributed by atoms with van der Waals surface area (Å²) in [4.78, 5) is 28.1. The normalized spacial score (nSPS) is 10.4. The molecule has 0 aliphatic heterocycles. The Balaban J connectivity index is 1.39. The van der Waals surface area contributed by atoms with Crippen LogP contribution in [0.5, 0.6) is 0 Å². The molecule has 0 unspecified atom stereocenters. The van der Waals surface area contributed by atoms with Crippen LogP contribution in [0.25, 0.3) is 0 Å². The zero-order chi connectivity index (χ0) is 18.9. The van der Waals surface area contributed by atoms with Gasteiger partial charge in [0.05, 0.1) is 18.7 Å². The van der Waals surface area contributed by atoms with Crippen LogP contribution in [0.15, 0.2) is 67.0 Å². The maximum Gasteiger partial charge on any atom is 0.227 e. The van der Waals surface area contributed by atoms with E-state index in [1.807, 2.05) is 48.5 Å². The van der Waals surface area contributed by atoms with Crippen LogP contribution in [0.4, 0.5) is 5.82 Å². The molecular weight excluding hydrogens is 342 g/mol. The number of carbonyl (C=O) groups excluding carboxylic acids is 2. The molecular formula is C20H21N5O2. The third-order valence-corrected chi connectivity index (χ3v) is 3.84. The lowest BCUT2D eigenvalue weighted by Gasteiger charge is -2.05. The summed E-state index contributed by atoms with van der Waals surface area (Å²) in [5.74, 6) is 0.179. The van der Waals surface area contributed by atoms with E-state index in [1.165, 1.54) is 0 Å². The molecule has 0 saturated carbocycles. The van der Waals surface area contributed by atoms with Crippen molar-refractivity contribution < 1.29 is 9.59 Å². The fourth-order valence-electron chi connectivity index (χ4n) is 2.54. The molecule has 2 amide bonds. The van der Waals surface area contributed by atoms with Crippen molar-refractivity contribution in [3.63, 3.8) is 0 Å². The molecule has 7 nitrogen and oxygen atoms in total. The van der Waals surface area contributed by atoms with Gasteiger partial charge in [0.2, 0.25) is 11.8 Å². The van der Waals surface area contributed by atoms with Crippen molar-refractivity contribution >= 4 is 17.6 Å². The molecule has 0 saturated heterocycles. The van der Waals surface area contributed by atoms with Crippen molar-refractivity contribution in [3.8, 4) is 0 Å². The Morgan fingerprint density at radius 2 is 1.78 bits per heavy atom. The molecule has 2 aromatic heterocycles. The number of nitrogens with one attached hydrogen (secondary N) is 2. The molecule has 0 radical (unpaired) electrons. The number of amides is 2. The summed E-state index contributed by atoms with van der Waals surface area (Å²) in [5.41, 5.74) is 1.83. The van der Waals surface area contributed by atoms with Crippen LogP contribution in [0.2, 0.25) is 0 Å². The quantitative estimate of drug-likeness (QED) is 0.641. The molecule has 2 N–H and O–H groups in total. The van der Waals surface area contributed by atoms with Crippen LogP contribution in [0, 0.1) is 0 Å². The van der Waals surface area contributed by atoms with Crippen molar-refractivity contribution in [2.45, 2.75) is 19.4 Å². The fraction of sp³-hybridized carbons (Fsp3) is 0.200. The van der Waals surface area contributed by atoms with Gasteiger partial charge in [0, 0.05) is 31.4 Å². The number of aromatic nitrogens is 3. The van der Waals surface area contributed by atoms with Crippen LogP contribution >= 0.6 is 0 Å². The number of pyridine rings is 1. The van der Waals surface area contributed by atoms with E-state index in [9.17, 15) is 9.59 Å². The van der Waals surface area contributed by atoms with Gasteiger partial charge in [0.1, 0.15) is 0 Å². The Bertz CT molecular complexity index is 878. The van der Waals surface area contributed by atoms with E-state index in [0.717, 1.165) is 11.3 Å². The highest BCUT2D eigenvalue weighted by Gasteiger charge is 2.07. The van der Waals surface area contributed by atoms with Crippen molar-refractivity contribution in [2.75, 3.05) is 11.9 Å². The van der Waals surface area contributed by atoms with Crippen LogP contribution in [-0.4, -0.2) is 33.1 Å². The maximum atomic E-state index is 12.0. The number of benzene rings is 1. The van der Waals surface area contributed by atoms with Crippen LogP contribution in [0.3, 0.4) is 0 Å². The summed E-state index contributed by atoms with van der Waals surface area (Å²) in [5, 5.41) is 9.78. The van der Waals surface area contributed by atoms with Gasteiger partial charge in [-0.05, 0) is 17.7 Å². The Labute approximate surface area is 157 Å². The Morgan fingerprint density at radius 1 is 0.963 bits per heavy atom.